The third-order valence-electron chi connectivity index (χ3n) is 6.18. The highest BCUT2D eigenvalue weighted by atomic mass is 16.4. The van der Waals surface area contributed by atoms with E-state index in [1.165, 1.54) is 0 Å². The maximum absolute atomic E-state index is 11.9. The van der Waals surface area contributed by atoms with Crippen molar-refractivity contribution < 1.29 is 14.7 Å². The maximum atomic E-state index is 11.9. The molecule has 0 heterocycles. The molecule has 5 nitrogen and oxygen atoms in total. The van der Waals surface area contributed by atoms with Gasteiger partial charge in [0.05, 0.1) is 5.41 Å². The summed E-state index contributed by atoms with van der Waals surface area (Å²) in [6.45, 7) is 13.3. The molecule has 1 saturated carbocycles. The smallest absolute Gasteiger partial charge is 0.314 e. The molecule has 0 atom stereocenters. The minimum atomic E-state index is -0.866. The molecule has 0 spiro atoms. The first-order valence-electron chi connectivity index (χ1n) is 7.80. The van der Waals surface area contributed by atoms with E-state index < -0.39 is 11.4 Å². The fraction of sp³-hybridized carbons (Fsp3) is 0.875. The molecule has 122 valence electrons. The van der Waals surface area contributed by atoms with Crippen LogP contribution in [0.25, 0.3) is 0 Å². The van der Waals surface area contributed by atoms with E-state index in [0.717, 1.165) is 0 Å². The van der Waals surface area contributed by atoms with Crippen molar-refractivity contribution in [2.24, 2.45) is 22.2 Å². The Hall–Kier alpha value is -1.26. The fourth-order valence-electron chi connectivity index (χ4n) is 3.23. The molecule has 0 radical (unpaired) electrons. The number of aliphatic carboxylic acids is 1. The van der Waals surface area contributed by atoms with Gasteiger partial charge in [0, 0.05) is 13.1 Å². The van der Waals surface area contributed by atoms with E-state index in [4.69, 9.17) is 0 Å². The number of hydrogen-bond acceptors (Lipinski definition) is 2. The van der Waals surface area contributed by atoms with E-state index >= 15 is 0 Å². The van der Waals surface area contributed by atoms with Gasteiger partial charge in [0.1, 0.15) is 0 Å². The van der Waals surface area contributed by atoms with Crippen LogP contribution in [0.5, 0.6) is 0 Å². The second-order valence-electron chi connectivity index (χ2n) is 7.35. The summed E-state index contributed by atoms with van der Waals surface area (Å²) in [6.07, 6.45) is 1.00. The number of carbonyl (C=O) groups excluding carboxylic acids is 1. The SMILES string of the molecule is CCC(CC)(CNC(=O)NCC1C(C)(C)C1(C)C)C(=O)O. The van der Waals surface area contributed by atoms with E-state index in [1.54, 1.807) is 0 Å². The molecule has 0 bridgehead atoms. The molecule has 5 heteroatoms. The van der Waals surface area contributed by atoms with Gasteiger partial charge in [-0.05, 0) is 29.6 Å². The molecule has 1 fully saturated rings. The van der Waals surface area contributed by atoms with Crippen molar-refractivity contribution in [1.82, 2.24) is 10.6 Å². The number of urea groups is 1. The highest BCUT2D eigenvalue weighted by molar-refractivity contribution is 5.78. The summed E-state index contributed by atoms with van der Waals surface area (Å²) in [7, 11) is 0. The lowest BCUT2D eigenvalue weighted by Gasteiger charge is -2.26. The predicted molar refractivity (Wildman–Crippen MR) is 83.1 cm³/mol. The number of carboxylic acid groups (broad SMARTS) is 1. The summed E-state index contributed by atoms with van der Waals surface area (Å²) in [5.41, 5.74) is -0.397. The summed E-state index contributed by atoms with van der Waals surface area (Å²) in [6, 6.07) is -0.277. The summed E-state index contributed by atoms with van der Waals surface area (Å²) < 4.78 is 0. The van der Waals surface area contributed by atoms with Crippen LogP contribution in [0.3, 0.4) is 0 Å². The van der Waals surface area contributed by atoms with Gasteiger partial charge >= 0.3 is 12.0 Å². The molecular formula is C16H30N2O3. The monoisotopic (exact) mass is 298 g/mol. The molecule has 3 N–H and O–H groups in total. The molecule has 2 amide bonds. The lowest BCUT2D eigenvalue weighted by Crippen LogP contribution is -2.46. The Kier molecular flexibility index (Phi) is 4.96. The van der Waals surface area contributed by atoms with E-state index in [9.17, 15) is 14.7 Å². The third-order valence-corrected chi connectivity index (χ3v) is 6.18. The van der Waals surface area contributed by atoms with Crippen LogP contribution in [0.15, 0.2) is 0 Å². The van der Waals surface area contributed by atoms with Crippen molar-refractivity contribution in [1.29, 1.82) is 0 Å². The average molecular weight is 298 g/mol. The third kappa shape index (κ3) is 3.16. The summed E-state index contributed by atoms with van der Waals surface area (Å²) in [4.78, 5) is 23.3. The molecule has 0 aromatic carbocycles. The van der Waals surface area contributed by atoms with Crippen molar-refractivity contribution in [3.05, 3.63) is 0 Å². The van der Waals surface area contributed by atoms with Crippen molar-refractivity contribution in [2.75, 3.05) is 13.1 Å². The molecular weight excluding hydrogens is 268 g/mol. The Morgan fingerprint density at radius 1 is 1.05 bits per heavy atom. The Labute approximate surface area is 127 Å². The number of carboxylic acids is 1. The first-order valence-corrected chi connectivity index (χ1v) is 7.80. The molecule has 0 aliphatic heterocycles. The van der Waals surface area contributed by atoms with Crippen LogP contribution in [0.1, 0.15) is 54.4 Å². The van der Waals surface area contributed by atoms with Gasteiger partial charge < -0.3 is 15.7 Å². The zero-order chi connectivity index (χ0) is 16.5. The number of amides is 2. The Morgan fingerprint density at radius 3 is 1.86 bits per heavy atom. The van der Waals surface area contributed by atoms with Crippen LogP contribution in [-0.2, 0) is 4.79 Å². The highest BCUT2D eigenvalue weighted by Gasteiger charge is 2.64. The molecule has 21 heavy (non-hydrogen) atoms. The predicted octanol–water partition coefficient (Wildman–Crippen LogP) is 2.86. The average Bonchev–Trinajstić information content (AvgIpc) is 2.78. The van der Waals surface area contributed by atoms with Gasteiger partial charge in [-0.15, -0.1) is 0 Å². The standard InChI is InChI=1S/C16H30N2O3/c1-7-16(8-2,12(19)20)10-18-13(21)17-9-11-14(3,4)15(11,5)6/h11H,7-10H2,1-6H3,(H,19,20)(H2,17,18,21). The van der Waals surface area contributed by atoms with Gasteiger partial charge in [-0.25, -0.2) is 4.79 Å². The van der Waals surface area contributed by atoms with Gasteiger partial charge in [0.2, 0.25) is 0 Å². The Morgan fingerprint density at radius 2 is 1.52 bits per heavy atom. The van der Waals surface area contributed by atoms with Crippen LogP contribution < -0.4 is 10.6 Å². The molecule has 0 saturated heterocycles. The summed E-state index contributed by atoms with van der Waals surface area (Å²) in [5, 5.41) is 14.9. The van der Waals surface area contributed by atoms with Crippen molar-refractivity contribution in [2.45, 2.75) is 54.4 Å². The zero-order valence-electron chi connectivity index (χ0n) is 14.2. The molecule has 1 rings (SSSR count). The van der Waals surface area contributed by atoms with Gasteiger partial charge in [0.15, 0.2) is 0 Å². The van der Waals surface area contributed by atoms with Gasteiger partial charge in [-0.1, -0.05) is 41.5 Å². The minimum Gasteiger partial charge on any atom is -0.481 e. The van der Waals surface area contributed by atoms with Crippen molar-refractivity contribution in [3.63, 3.8) is 0 Å². The van der Waals surface area contributed by atoms with Crippen LogP contribution >= 0.6 is 0 Å². The molecule has 0 aromatic rings. The first-order chi connectivity index (χ1) is 9.55. The number of nitrogens with one attached hydrogen (secondary N) is 2. The maximum Gasteiger partial charge on any atom is 0.314 e. The number of hydrogen-bond donors (Lipinski definition) is 3. The largest absolute Gasteiger partial charge is 0.481 e. The van der Waals surface area contributed by atoms with Crippen LogP contribution in [0, 0.1) is 22.2 Å². The quantitative estimate of drug-likeness (QED) is 0.676. The second-order valence-corrected chi connectivity index (χ2v) is 7.35. The lowest BCUT2D eigenvalue weighted by molar-refractivity contribution is -0.149. The van der Waals surface area contributed by atoms with Crippen LogP contribution in [0.2, 0.25) is 0 Å². The van der Waals surface area contributed by atoms with Crippen molar-refractivity contribution >= 4 is 12.0 Å². The van der Waals surface area contributed by atoms with E-state index in [-0.39, 0.29) is 23.4 Å². The number of carbonyl (C=O) groups is 2. The van der Waals surface area contributed by atoms with E-state index in [1.807, 2.05) is 13.8 Å². The van der Waals surface area contributed by atoms with Crippen molar-refractivity contribution in [3.8, 4) is 0 Å². The molecule has 1 aliphatic rings. The fourth-order valence-corrected chi connectivity index (χ4v) is 3.23. The van der Waals surface area contributed by atoms with Gasteiger partial charge in [0.25, 0.3) is 0 Å². The minimum absolute atomic E-state index is 0.165. The lowest BCUT2D eigenvalue weighted by atomic mass is 9.82. The molecule has 1 aliphatic carbocycles. The normalized spacial score (nSPS) is 19.9. The zero-order valence-corrected chi connectivity index (χ0v) is 14.2. The molecule has 0 aromatic heterocycles. The first kappa shape index (κ1) is 17.8. The summed E-state index contributed by atoms with van der Waals surface area (Å²) >= 11 is 0. The van der Waals surface area contributed by atoms with Crippen LogP contribution in [-0.4, -0.2) is 30.2 Å². The number of rotatable bonds is 7. The van der Waals surface area contributed by atoms with E-state index in [2.05, 4.69) is 38.3 Å². The van der Waals surface area contributed by atoms with Crippen LogP contribution in [0.4, 0.5) is 4.79 Å². The second kappa shape index (κ2) is 5.85. The van der Waals surface area contributed by atoms with E-state index in [0.29, 0.717) is 25.3 Å². The molecule has 0 unspecified atom stereocenters. The Balaban J connectivity index is 2.44. The summed E-state index contributed by atoms with van der Waals surface area (Å²) in [5.74, 6) is -0.394. The highest BCUT2D eigenvalue weighted by Crippen LogP contribution is 2.67. The van der Waals surface area contributed by atoms with Gasteiger partial charge in [-0.2, -0.15) is 0 Å². The Bertz CT molecular complexity index is 398. The van der Waals surface area contributed by atoms with Gasteiger partial charge in [-0.3, -0.25) is 4.79 Å². The topological polar surface area (TPSA) is 78.4 Å².